The van der Waals surface area contributed by atoms with Crippen LogP contribution in [0.1, 0.15) is 157 Å². The molecule has 0 spiro atoms. The van der Waals surface area contributed by atoms with Gasteiger partial charge in [-0.3, -0.25) is 4.90 Å². The average Bonchev–Trinajstić information content (AvgIpc) is 1.29. The fraction of sp³-hybridized carbons (Fsp3) is 0.300. The van der Waals surface area contributed by atoms with Crippen LogP contribution in [0.15, 0.2) is 191 Å². The molecule has 1 aliphatic carbocycles. The molecule has 0 N–H and O–H groups in total. The number of hydrogen-bond acceptors (Lipinski definition) is 5. The van der Waals surface area contributed by atoms with Crippen LogP contribution >= 0.6 is 0 Å². The van der Waals surface area contributed by atoms with Gasteiger partial charge in [0.25, 0.3) is 0 Å². The van der Waals surface area contributed by atoms with Gasteiger partial charge in [-0.2, -0.15) is 0 Å². The largest absolute Gasteiger partial charge is 0.454 e. The van der Waals surface area contributed by atoms with Crippen LogP contribution in [0.2, 0.25) is 0 Å². The highest BCUT2D eigenvalue weighted by Gasteiger charge is 2.51. The number of hydrogen-bond donors (Lipinski definition) is 0. The molecule has 0 bridgehead atoms. The van der Waals surface area contributed by atoms with Crippen LogP contribution in [0.4, 0.5) is 45.7 Å². The molecule has 0 amide bonds. The maximum atomic E-state index is 7.92. The van der Waals surface area contributed by atoms with E-state index in [4.69, 9.17) is 8.83 Å². The zero-order valence-corrected chi connectivity index (χ0v) is 53.5. The molecular weight excluding hydrogens is 1050 g/mol. The number of furan rings is 2. The molecule has 0 radical (unpaired) electrons. The molecule has 0 atom stereocenters. The van der Waals surface area contributed by atoms with Crippen molar-refractivity contribution >= 4 is 96.4 Å². The SMILES string of the molecule is CC(C)(C)c1ccc(N2B3c4c(cc(N(c5ccc(C(C)(C)C)cc5)c5ccc(C(C)(C)C)cc5)cc4N(c4ccc(C(C)(C)C)cc4-c4ccccc4)c4oc5cc6c(cc5c43)C(C)(C)CCC6(C)C)-c3ccc4c(oc5ccccc54)c32)cc1. The first-order valence-corrected chi connectivity index (χ1v) is 31.3. The van der Waals surface area contributed by atoms with Gasteiger partial charge in [-0.15, -0.1) is 0 Å². The monoisotopic (exact) mass is 1130 g/mol. The van der Waals surface area contributed by atoms with Crippen molar-refractivity contribution in [2.45, 2.75) is 156 Å². The van der Waals surface area contributed by atoms with E-state index in [1.54, 1.807) is 0 Å². The lowest BCUT2D eigenvalue weighted by Gasteiger charge is -2.45. The maximum absolute atomic E-state index is 7.92. The third-order valence-electron chi connectivity index (χ3n) is 19.6. The minimum atomic E-state index is -0.370. The van der Waals surface area contributed by atoms with Crippen LogP contribution in [-0.4, -0.2) is 6.85 Å². The minimum Gasteiger partial charge on any atom is -0.454 e. The van der Waals surface area contributed by atoms with Crippen molar-refractivity contribution in [2.24, 2.45) is 0 Å². The van der Waals surface area contributed by atoms with Crippen LogP contribution in [0.5, 0.6) is 0 Å². The smallest absolute Gasteiger partial charge is 0.337 e. The lowest BCUT2D eigenvalue weighted by molar-refractivity contribution is 0.332. The van der Waals surface area contributed by atoms with E-state index in [0.717, 1.165) is 119 Å². The second kappa shape index (κ2) is 19.1. The summed E-state index contributed by atoms with van der Waals surface area (Å²) in [7, 11) is 0. The first kappa shape index (κ1) is 55.6. The highest BCUT2D eigenvalue weighted by atomic mass is 16.4. The summed E-state index contributed by atoms with van der Waals surface area (Å²) in [6.07, 6.45) is 2.20. The van der Waals surface area contributed by atoms with Gasteiger partial charge in [-0.1, -0.05) is 208 Å². The Bertz CT molecular complexity index is 4440. The Morgan fingerprint density at radius 3 is 1.56 bits per heavy atom. The Morgan fingerprint density at radius 1 is 0.419 bits per heavy atom. The summed E-state index contributed by atoms with van der Waals surface area (Å²) < 4.78 is 15.2. The Morgan fingerprint density at radius 2 is 0.965 bits per heavy atom. The van der Waals surface area contributed by atoms with Gasteiger partial charge in [0.05, 0.1) is 11.4 Å². The van der Waals surface area contributed by atoms with Crippen LogP contribution in [-0.2, 0) is 32.5 Å². The van der Waals surface area contributed by atoms with Crippen LogP contribution in [0.25, 0.3) is 55.2 Å². The molecule has 5 nitrogen and oxygen atoms in total. The Balaban J connectivity index is 1.17. The van der Waals surface area contributed by atoms with Gasteiger partial charge in [0.2, 0.25) is 5.88 Å². The fourth-order valence-corrected chi connectivity index (χ4v) is 14.3. The lowest BCUT2D eigenvalue weighted by atomic mass is 9.43. The second-order valence-corrected chi connectivity index (χ2v) is 30.5. The molecule has 0 saturated carbocycles. The molecule has 3 aliphatic rings. The molecule has 86 heavy (non-hydrogen) atoms. The van der Waals surface area contributed by atoms with Gasteiger partial charge in [0, 0.05) is 61.2 Å². The highest BCUT2D eigenvalue weighted by molar-refractivity contribution is 6.95. The van der Waals surface area contributed by atoms with Gasteiger partial charge in [-0.25, -0.2) is 0 Å². The Labute approximate surface area is 510 Å². The third kappa shape index (κ3) is 8.94. The van der Waals surface area contributed by atoms with Gasteiger partial charge in [0.1, 0.15) is 11.2 Å². The molecule has 0 saturated heterocycles. The van der Waals surface area contributed by atoms with Crippen LogP contribution in [0, 0.1) is 0 Å². The standard InChI is InChI=1S/C80H82BN3O2/c1-75(2,3)50-26-33-54(34-27-50)82(55-35-28-51(29-36-55)76(4,5)6)57-45-62-59-39-40-60-58-24-20-21-25-68(58)85-73(60)72(59)84(56-37-30-52(31-38-56)77(7,8)9)81-70(62)67(46-57)83(66-41-32-53(78(10,11)12)44-61(66)49-22-18-17-19-23-49)74-71(81)63-47-64-65(48-69(63)86-74)80(15,16)43-42-79(64,13)14/h17-41,44-48H,42-43H2,1-16H3. The second-order valence-electron chi connectivity index (χ2n) is 30.5. The third-order valence-corrected chi connectivity index (χ3v) is 19.6. The maximum Gasteiger partial charge on any atom is 0.337 e. The van der Waals surface area contributed by atoms with E-state index >= 15 is 0 Å². The Kier molecular flexibility index (Phi) is 12.4. The van der Waals surface area contributed by atoms with Crippen molar-refractivity contribution in [3.63, 3.8) is 0 Å². The normalized spacial score (nSPS) is 15.5. The summed E-state index contributed by atoms with van der Waals surface area (Å²) in [4.78, 5) is 7.63. The zero-order chi connectivity index (χ0) is 60.4. The predicted molar refractivity (Wildman–Crippen MR) is 367 cm³/mol. The predicted octanol–water partition coefficient (Wildman–Crippen LogP) is 21.7. The van der Waals surface area contributed by atoms with Crippen molar-refractivity contribution in [3.05, 3.63) is 215 Å². The Hall–Kier alpha value is -8.22. The molecule has 0 unspecified atom stereocenters. The fourth-order valence-electron chi connectivity index (χ4n) is 14.3. The lowest BCUT2D eigenvalue weighted by Crippen LogP contribution is -2.61. The first-order chi connectivity index (χ1) is 40.7. The molecule has 11 aromatic rings. The molecule has 4 heterocycles. The summed E-state index contributed by atoms with van der Waals surface area (Å²) in [6, 6.07) is 69.3. The molecule has 9 aromatic carbocycles. The van der Waals surface area contributed by atoms with Crippen LogP contribution in [0.3, 0.4) is 0 Å². The number of para-hydroxylation sites is 1. The summed E-state index contributed by atoms with van der Waals surface area (Å²) in [5.41, 5.74) is 24.6. The molecule has 2 aliphatic heterocycles. The van der Waals surface area contributed by atoms with Gasteiger partial charge >= 0.3 is 6.85 Å². The summed E-state index contributed by atoms with van der Waals surface area (Å²) in [5, 5.41) is 3.34. The van der Waals surface area contributed by atoms with E-state index in [1.165, 1.54) is 38.8 Å². The number of benzene rings is 9. The summed E-state index contributed by atoms with van der Waals surface area (Å²) in [5.74, 6) is 0.825. The van der Waals surface area contributed by atoms with Crippen molar-refractivity contribution in [2.75, 3.05) is 14.6 Å². The zero-order valence-electron chi connectivity index (χ0n) is 53.5. The van der Waals surface area contributed by atoms with E-state index in [1.807, 2.05) is 0 Å². The quantitative estimate of drug-likeness (QED) is 0.155. The van der Waals surface area contributed by atoms with Crippen LogP contribution < -0.4 is 25.5 Å². The van der Waals surface area contributed by atoms with E-state index < -0.39 is 0 Å². The molecule has 2 aromatic heterocycles. The van der Waals surface area contributed by atoms with Crippen molar-refractivity contribution in [3.8, 4) is 22.3 Å². The van der Waals surface area contributed by atoms with E-state index in [9.17, 15) is 0 Å². The van der Waals surface area contributed by atoms with E-state index in [2.05, 4.69) is 307 Å². The topological polar surface area (TPSA) is 36.0 Å². The number of nitrogens with zero attached hydrogens (tertiary/aromatic N) is 3. The first-order valence-electron chi connectivity index (χ1n) is 31.3. The van der Waals surface area contributed by atoms with Gasteiger partial charge in [0.15, 0.2) is 5.58 Å². The summed E-state index contributed by atoms with van der Waals surface area (Å²) >= 11 is 0. The number of fused-ring (bicyclic) bond motifs is 11. The molecule has 14 rings (SSSR count). The molecule has 6 heteroatoms. The van der Waals surface area contributed by atoms with E-state index in [-0.39, 0.29) is 39.3 Å². The van der Waals surface area contributed by atoms with Crippen molar-refractivity contribution in [1.29, 1.82) is 0 Å². The van der Waals surface area contributed by atoms with Crippen molar-refractivity contribution in [1.82, 2.24) is 0 Å². The molecule has 432 valence electrons. The number of anilines is 8. The van der Waals surface area contributed by atoms with Crippen molar-refractivity contribution < 1.29 is 8.83 Å². The number of rotatable bonds is 6. The molecular formula is C80H82BN3O2. The van der Waals surface area contributed by atoms with Gasteiger partial charge < -0.3 is 18.5 Å². The molecule has 0 fully saturated rings. The average molecular weight is 1130 g/mol. The minimum absolute atomic E-state index is 0.0259. The summed E-state index contributed by atoms with van der Waals surface area (Å²) in [6.45, 7) is 37.0. The van der Waals surface area contributed by atoms with E-state index in [0.29, 0.717) is 0 Å². The highest BCUT2D eigenvalue weighted by Crippen LogP contribution is 2.56. The van der Waals surface area contributed by atoms with Gasteiger partial charge in [-0.05, 0) is 180 Å².